The summed E-state index contributed by atoms with van der Waals surface area (Å²) in [5.74, 6) is 0. The number of halogens is 1. The van der Waals surface area contributed by atoms with Crippen LogP contribution >= 0.6 is 15.9 Å². The van der Waals surface area contributed by atoms with E-state index in [0.717, 1.165) is 24.5 Å². The zero-order chi connectivity index (χ0) is 12.1. The number of hydrogen-bond acceptors (Lipinski definition) is 2. The number of aryl methyl sites for hydroxylation is 1. The van der Waals surface area contributed by atoms with Gasteiger partial charge in [-0.3, -0.25) is 9.58 Å². The molecule has 0 spiro atoms. The molecule has 0 unspecified atom stereocenters. The Balaban J connectivity index is 1.95. The topological polar surface area (TPSA) is 21.1 Å². The highest BCUT2D eigenvalue weighted by atomic mass is 79.9. The fourth-order valence-corrected chi connectivity index (χ4v) is 3.19. The lowest BCUT2D eigenvalue weighted by atomic mass is 9.94. The van der Waals surface area contributed by atoms with Gasteiger partial charge in [0, 0.05) is 43.3 Å². The largest absolute Gasteiger partial charge is 0.295 e. The third kappa shape index (κ3) is 3.81. The van der Waals surface area contributed by atoms with E-state index in [1.54, 1.807) is 0 Å². The van der Waals surface area contributed by atoms with Gasteiger partial charge in [-0.05, 0) is 12.8 Å². The SMILES string of the molecule is Cn1cc(CN(CCBr)C2CCCCC2)cn1. The first-order valence-corrected chi connectivity index (χ1v) is 7.69. The Kier molecular flexibility index (Phi) is 5.04. The first-order valence-electron chi connectivity index (χ1n) is 6.57. The first-order chi connectivity index (χ1) is 8.29. The van der Waals surface area contributed by atoms with Crippen LogP contribution in [0.25, 0.3) is 0 Å². The van der Waals surface area contributed by atoms with E-state index >= 15 is 0 Å². The molecular formula is C13H22BrN3. The Morgan fingerprint density at radius 2 is 2.18 bits per heavy atom. The van der Waals surface area contributed by atoms with Crippen molar-refractivity contribution in [2.75, 3.05) is 11.9 Å². The summed E-state index contributed by atoms with van der Waals surface area (Å²) in [4.78, 5) is 2.62. The van der Waals surface area contributed by atoms with E-state index in [9.17, 15) is 0 Å². The van der Waals surface area contributed by atoms with Crippen LogP contribution in [0.2, 0.25) is 0 Å². The number of alkyl halides is 1. The van der Waals surface area contributed by atoms with Crippen LogP contribution in [-0.4, -0.2) is 32.6 Å². The lowest BCUT2D eigenvalue weighted by molar-refractivity contribution is 0.158. The Morgan fingerprint density at radius 3 is 2.76 bits per heavy atom. The molecule has 17 heavy (non-hydrogen) atoms. The zero-order valence-corrected chi connectivity index (χ0v) is 12.2. The molecule has 0 N–H and O–H groups in total. The van der Waals surface area contributed by atoms with Crippen LogP contribution in [0.1, 0.15) is 37.7 Å². The maximum atomic E-state index is 4.25. The molecule has 0 bridgehead atoms. The third-order valence-corrected chi connectivity index (χ3v) is 3.96. The molecule has 1 aliphatic rings. The molecule has 0 atom stereocenters. The van der Waals surface area contributed by atoms with Crippen molar-refractivity contribution in [3.63, 3.8) is 0 Å². The molecule has 0 saturated heterocycles. The van der Waals surface area contributed by atoms with Crippen molar-refractivity contribution in [3.8, 4) is 0 Å². The molecule has 0 aromatic carbocycles. The van der Waals surface area contributed by atoms with Crippen molar-refractivity contribution in [2.45, 2.75) is 44.7 Å². The van der Waals surface area contributed by atoms with Crippen LogP contribution in [0.4, 0.5) is 0 Å². The fourth-order valence-electron chi connectivity index (χ4n) is 2.73. The number of hydrogen-bond donors (Lipinski definition) is 0. The Morgan fingerprint density at radius 1 is 1.41 bits per heavy atom. The number of nitrogens with zero attached hydrogens (tertiary/aromatic N) is 3. The van der Waals surface area contributed by atoms with Gasteiger partial charge in [0.25, 0.3) is 0 Å². The standard InChI is InChI=1S/C13H22BrN3/c1-16-10-12(9-15-16)11-17(8-7-14)13-5-3-2-4-6-13/h9-10,13H,2-8,11H2,1H3. The monoisotopic (exact) mass is 299 g/mol. The maximum Gasteiger partial charge on any atom is 0.0534 e. The third-order valence-electron chi connectivity index (χ3n) is 3.61. The normalized spacial score (nSPS) is 17.8. The number of rotatable bonds is 5. The van der Waals surface area contributed by atoms with E-state index in [1.807, 2.05) is 17.9 Å². The summed E-state index contributed by atoms with van der Waals surface area (Å²) < 4.78 is 1.89. The molecule has 4 heteroatoms. The first kappa shape index (κ1) is 13.1. The average molecular weight is 300 g/mol. The fraction of sp³-hybridized carbons (Fsp3) is 0.769. The molecule has 3 nitrogen and oxygen atoms in total. The molecule has 1 fully saturated rings. The minimum Gasteiger partial charge on any atom is -0.295 e. The zero-order valence-electron chi connectivity index (χ0n) is 10.6. The van der Waals surface area contributed by atoms with Crippen LogP contribution in [0.3, 0.4) is 0 Å². The Hall–Kier alpha value is -0.350. The lowest BCUT2D eigenvalue weighted by Crippen LogP contribution is -2.37. The van der Waals surface area contributed by atoms with Crippen molar-refractivity contribution in [1.29, 1.82) is 0 Å². The Bertz CT molecular complexity index is 331. The highest BCUT2D eigenvalue weighted by Gasteiger charge is 2.20. The molecule has 1 aliphatic carbocycles. The number of aromatic nitrogens is 2. The van der Waals surface area contributed by atoms with E-state index in [0.29, 0.717) is 0 Å². The minimum absolute atomic E-state index is 0.779. The maximum absolute atomic E-state index is 4.25. The van der Waals surface area contributed by atoms with Crippen LogP contribution in [-0.2, 0) is 13.6 Å². The van der Waals surface area contributed by atoms with Gasteiger partial charge < -0.3 is 0 Å². The lowest BCUT2D eigenvalue weighted by Gasteiger charge is -2.33. The van der Waals surface area contributed by atoms with Crippen LogP contribution < -0.4 is 0 Å². The van der Waals surface area contributed by atoms with Gasteiger partial charge >= 0.3 is 0 Å². The van der Waals surface area contributed by atoms with Crippen molar-refractivity contribution in [3.05, 3.63) is 18.0 Å². The van der Waals surface area contributed by atoms with Crippen molar-refractivity contribution < 1.29 is 0 Å². The van der Waals surface area contributed by atoms with Crippen molar-refractivity contribution in [2.24, 2.45) is 7.05 Å². The summed E-state index contributed by atoms with van der Waals surface area (Å²) >= 11 is 3.57. The summed E-state index contributed by atoms with van der Waals surface area (Å²) in [6, 6.07) is 0.779. The molecule has 96 valence electrons. The molecule has 1 aromatic rings. The van der Waals surface area contributed by atoms with Crippen LogP contribution in [0.5, 0.6) is 0 Å². The summed E-state index contributed by atoms with van der Waals surface area (Å²) in [5, 5.41) is 5.31. The molecule has 1 saturated carbocycles. The van der Waals surface area contributed by atoms with Gasteiger partial charge in [-0.2, -0.15) is 5.10 Å². The summed E-state index contributed by atoms with van der Waals surface area (Å²) in [7, 11) is 1.99. The van der Waals surface area contributed by atoms with E-state index in [-0.39, 0.29) is 0 Å². The van der Waals surface area contributed by atoms with Crippen molar-refractivity contribution in [1.82, 2.24) is 14.7 Å². The van der Waals surface area contributed by atoms with Crippen LogP contribution in [0, 0.1) is 0 Å². The van der Waals surface area contributed by atoms with Gasteiger partial charge in [0.05, 0.1) is 6.20 Å². The van der Waals surface area contributed by atoms with E-state index < -0.39 is 0 Å². The smallest absolute Gasteiger partial charge is 0.0534 e. The van der Waals surface area contributed by atoms with E-state index in [1.165, 1.54) is 37.7 Å². The molecule has 2 rings (SSSR count). The highest BCUT2D eigenvalue weighted by Crippen LogP contribution is 2.24. The molecule has 1 aromatic heterocycles. The molecule has 0 radical (unpaired) electrons. The van der Waals surface area contributed by atoms with Gasteiger partial charge in [-0.25, -0.2) is 0 Å². The van der Waals surface area contributed by atoms with E-state index in [2.05, 4.69) is 32.1 Å². The second-order valence-electron chi connectivity index (χ2n) is 4.97. The average Bonchev–Trinajstić information content (AvgIpc) is 2.75. The van der Waals surface area contributed by atoms with Gasteiger partial charge in [-0.1, -0.05) is 35.2 Å². The van der Waals surface area contributed by atoms with E-state index in [4.69, 9.17) is 0 Å². The Labute approximate surface area is 112 Å². The van der Waals surface area contributed by atoms with Crippen molar-refractivity contribution >= 4 is 15.9 Å². The predicted molar refractivity (Wildman–Crippen MR) is 74.3 cm³/mol. The summed E-state index contributed by atoms with van der Waals surface area (Å²) in [6.07, 6.45) is 11.1. The molecule has 1 heterocycles. The quantitative estimate of drug-likeness (QED) is 0.780. The van der Waals surface area contributed by atoms with Gasteiger partial charge in [-0.15, -0.1) is 0 Å². The molecular weight excluding hydrogens is 278 g/mol. The predicted octanol–water partition coefficient (Wildman–Crippen LogP) is 2.95. The molecule has 0 amide bonds. The van der Waals surface area contributed by atoms with Gasteiger partial charge in [0.2, 0.25) is 0 Å². The highest BCUT2D eigenvalue weighted by molar-refractivity contribution is 9.09. The van der Waals surface area contributed by atoms with Crippen LogP contribution in [0.15, 0.2) is 12.4 Å². The van der Waals surface area contributed by atoms with Gasteiger partial charge in [0.15, 0.2) is 0 Å². The second kappa shape index (κ2) is 6.55. The second-order valence-corrected chi connectivity index (χ2v) is 5.77. The van der Waals surface area contributed by atoms with Gasteiger partial charge in [0.1, 0.15) is 0 Å². The minimum atomic E-state index is 0.779. The summed E-state index contributed by atoms with van der Waals surface area (Å²) in [5.41, 5.74) is 1.33. The summed E-state index contributed by atoms with van der Waals surface area (Å²) in [6.45, 7) is 2.18. The molecule has 0 aliphatic heterocycles.